The maximum absolute atomic E-state index is 12.5. The molecule has 3 aromatic rings. The fourth-order valence-electron chi connectivity index (χ4n) is 3.58. The van der Waals surface area contributed by atoms with Crippen molar-refractivity contribution >= 4 is 16.8 Å². The predicted octanol–water partition coefficient (Wildman–Crippen LogP) is 3.72. The van der Waals surface area contributed by atoms with Gasteiger partial charge in [0.15, 0.2) is 0 Å². The number of amides is 1. The van der Waals surface area contributed by atoms with Gasteiger partial charge >= 0.3 is 0 Å². The van der Waals surface area contributed by atoms with Crippen molar-refractivity contribution in [2.24, 2.45) is 5.92 Å². The fraction of sp³-hybridized carbons (Fsp3) is 0.286. The molecule has 0 bridgehead atoms. The second kappa shape index (κ2) is 7.01. The van der Waals surface area contributed by atoms with Gasteiger partial charge in [0.1, 0.15) is 5.69 Å². The first kappa shape index (κ1) is 15.8. The number of aromatic nitrogens is 2. The number of fused-ring (bicyclic) bond motifs is 1. The Morgan fingerprint density at radius 2 is 1.84 bits per heavy atom. The lowest BCUT2D eigenvalue weighted by atomic mass is 9.89. The van der Waals surface area contributed by atoms with Crippen LogP contribution in [0.15, 0.2) is 60.9 Å². The summed E-state index contributed by atoms with van der Waals surface area (Å²) in [5, 5.41) is 1.20. The van der Waals surface area contributed by atoms with Gasteiger partial charge in [-0.15, -0.1) is 0 Å². The van der Waals surface area contributed by atoms with Crippen LogP contribution < -0.4 is 0 Å². The molecule has 1 aliphatic rings. The number of hydrogen-bond donors (Lipinski definition) is 0. The van der Waals surface area contributed by atoms with Crippen molar-refractivity contribution in [1.82, 2.24) is 14.9 Å². The van der Waals surface area contributed by atoms with Crippen LogP contribution in [0.1, 0.15) is 28.9 Å². The van der Waals surface area contributed by atoms with Gasteiger partial charge < -0.3 is 4.90 Å². The van der Waals surface area contributed by atoms with Crippen LogP contribution in [0.5, 0.6) is 0 Å². The Hall–Kier alpha value is -2.75. The first-order valence-corrected chi connectivity index (χ1v) is 8.83. The van der Waals surface area contributed by atoms with Crippen LogP contribution in [0.2, 0.25) is 0 Å². The zero-order valence-corrected chi connectivity index (χ0v) is 14.1. The lowest BCUT2D eigenvalue weighted by Gasteiger charge is -2.32. The van der Waals surface area contributed by atoms with Gasteiger partial charge in [0.2, 0.25) is 0 Å². The molecule has 1 aliphatic heterocycles. The van der Waals surface area contributed by atoms with Gasteiger partial charge in [-0.05, 0) is 61.1 Å². The van der Waals surface area contributed by atoms with E-state index in [4.69, 9.17) is 0 Å². The molecule has 0 unspecified atom stereocenters. The monoisotopic (exact) mass is 331 g/mol. The van der Waals surface area contributed by atoms with Crippen LogP contribution in [0.4, 0.5) is 0 Å². The van der Waals surface area contributed by atoms with E-state index in [0.717, 1.165) is 37.9 Å². The largest absolute Gasteiger partial charge is 0.337 e. The summed E-state index contributed by atoms with van der Waals surface area (Å²) in [6.45, 7) is 1.63. The number of likely N-dealkylation sites (tertiary alicyclic amines) is 1. The first-order chi connectivity index (χ1) is 12.3. The third-order valence-corrected chi connectivity index (χ3v) is 4.98. The van der Waals surface area contributed by atoms with E-state index in [2.05, 4.69) is 34.2 Å². The Morgan fingerprint density at radius 1 is 1.00 bits per heavy atom. The van der Waals surface area contributed by atoms with Crippen LogP contribution in [0, 0.1) is 5.92 Å². The molecule has 4 rings (SSSR count). The number of carbonyl (C=O) groups is 1. The van der Waals surface area contributed by atoms with Gasteiger partial charge in [-0.1, -0.05) is 18.2 Å². The van der Waals surface area contributed by atoms with Crippen molar-refractivity contribution in [3.63, 3.8) is 0 Å². The van der Waals surface area contributed by atoms with Crippen LogP contribution in [-0.2, 0) is 6.42 Å². The van der Waals surface area contributed by atoms with Gasteiger partial charge in [0.25, 0.3) is 5.91 Å². The minimum atomic E-state index is 0.0517. The number of pyridine rings is 2. The Bertz CT molecular complexity index is 870. The molecule has 126 valence electrons. The molecule has 0 atom stereocenters. The summed E-state index contributed by atoms with van der Waals surface area (Å²) in [6.07, 6.45) is 6.66. The number of rotatable bonds is 3. The van der Waals surface area contributed by atoms with Crippen molar-refractivity contribution < 1.29 is 4.79 Å². The van der Waals surface area contributed by atoms with E-state index in [1.54, 1.807) is 12.3 Å². The number of piperidine rings is 1. The Labute approximate surface area is 147 Å². The topological polar surface area (TPSA) is 46.1 Å². The van der Waals surface area contributed by atoms with E-state index in [1.807, 2.05) is 29.3 Å². The van der Waals surface area contributed by atoms with Crippen molar-refractivity contribution in [1.29, 1.82) is 0 Å². The molecule has 4 nitrogen and oxygen atoms in total. The fourth-order valence-corrected chi connectivity index (χ4v) is 3.58. The Kier molecular flexibility index (Phi) is 4.42. The molecular formula is C21H21N3O. The van der Waals surface area contributed by atoms with Crippen LogP contribution >= 0.6 is 0 Å². The summed E-state index contributed by atoms with van der Waals surface area (Å²) in [5.74, 6) is 0.678. The summed E-state index contributed by atoms with van der Waals surface area (Å²) in [5.41, 5.74) is 2.94. The highest BCUT2D eigenvalue weighted by Crippen LogP contribution is 2.24. The number of nitrogens with zero attached hydrogens (tertiary/aromatic N) is 3. The average molecular weight is 331 g/mol. The zero-order valence-electron chi connectivity index (χ0n) is 14.1. The quantitative estimate of drug-likeness (QED) is 0.735. The lowest BCUT2D eigenvalue weighted by Crippen LogP contribution is -2.39. The van der Waals surface area contributed by atoms with E-state index >= 15 is 0 Å². The third-order valence-electron chi connectivity index (χ3n) is 4.98. The zero-order chi connectivity index (χ0) is 17.1. The molecule has 2 aromatic heterocycles. The molecule has 1 saturated heterocycles. The number of carbonyl (C=O) groups excluding carboxylic acids is 1. The Morgan fingerprint density at radius 3 is 2.64 bits per heavy atom. The van der Waals surface area contributed by atoms with E-state index in [1.165, 1.54) is 10.9 Å². The molecular weight excluding hydrogens is 310 g/mol. The highest BCUT2D eigenvalue weighted by molar-refractivity contribution is 5.92. The highest BCUT2D eigenvalue weighted by atomic mass is 16.2. The highest BCUT2D eigenvalue weighted by Gasteiger charge is 2.24. The van der Waals surface area contributed by atoms with E-state index in [0.29, 0.717) is 11.6 Å². The lowest BCUT2D eigenvalue weighted by molar-refractivity contribution is 0.0684. The summed E-state index contributed by atoms with van der Waals surface area (Å²) in [7, 11) is 0. The summed E-state index contributed by atoms with van der Waals surface area (Å²) < 4.78 is 0. The van der Waals surface area contributed by atoms with E-state index < -0.39 is 0 Å². The van der Waals surface area contributed by atoms with Crippen LogP contribution in [0.3, 0.4) is 0 Å². The SMILES string of the molecule is O=C(c1ccccn1)N1CCC(Cc2ccc3ncccc3c2)CC1. The molecule has 0 N–H and O–H groups in total. The van der Waals surface area contributed by atoms with Crippen molar-refractivity contribution in [2.75, 3.05) is 13.1 Å². The van der Waals surface area contributed by atoms with Gasteiger partial charge in [-0.25, -0.2) is 0 Å². The third kappa shape index (κ3) is 3.53. The van der Waals surface area contributed by atoms with Gasteiger partial charge in [-0.2, -0.15) is 0 Å². The average Bonchev–Trinajstić information content (AvgIpc) is 2.69. The molecule has 0 radical (unpaired) electrons. The standard InChI is InChI=1S/C21H21N3O/c25-21(20-5-1-2-10-23-20)24-12-8-16(9-13-24)14-17-6-7-19-18(15-17)4-3-11-22-19/h1-7,10-11,15-16H,8-9,12-14H2. The van der Waals surface area contributed by atoms with Crippen LogP contribution in [-0.4, -0.2) is 33.9 Å². The molecule has 25 heavy (non-hydrogen) atoms. The summed E-state index contributed by atoms with van der Waals surface area (Å²) >= 11 is 0. The predicted molar refractivity (Wildman–Crippen MR) is 98.3 cm³/mol. The van der Waals surface area contributed by atoms with Gasteiger partial charge in [-0.3, -0.25) is 14.8 Å². The second-order valence-electron chi connectivity index (χ2n) is 6.69. The molecule has 0 saturated carbocycles. The summed E-state index contributed by atoms with van der Waals surface area (Å²) in [6, 6.07) is 16.1. The molecule has 3 heterocycles. The second-order valence-corrected chi connectivity index (χ2v) is 6.69. The number of benzene rings is 1. The first-order valence-electron chi connectivity index (χ1n) is 8.83. The maximum atomic E-state index is 12.5. The minimum absolute atomic E-state index is 0.0517. The smallest absolute Gasteiger partial charge is 0.272 e. The molecule has 1 amide bonds. The van der Waals surface area contributed by atoms with Gasteiger partial charge in [0, 0.05) is 30.9 Å². The normalized spacial score (nSPS) is 15.4. The Balaban J connectivity index is 1.37. The minimum Gasteiger partial charge on any atom is -0.337 e. The number of hydrogen-bond acceptors (Lipinski definition) is 3. The molecule has 4 heteroatoms. The van der Waals surface area contributed by atoms with Crippen molar-refractivity contribution in [3.8, 4) is 0 Å². The van der Waals surface area contributed by atoms with Crippen molar-refractivity contribution in [3.05, 3.63) is 72.2 Å². The van der Waals surface area contributed by atoms with E-state index in [9.17, 15) is 4.79 Å². The van der Waals surface area contributed by atoms with Crippen molar-refractivity contribution in [2.45, 2.75) is 19.3 Å². The summed E-state index contributed by atoms with van der Waals surface area (Å²) in [4.78, 5) is 23.0. The molecule has 1 aromatic carbocycles. The molecule has 0 spiro atoms. The van der Waals surface area contributed by atoms with Crippen LogP contribution in [0.25, 0.3) is 10.9 Å². The van der Waals surface area contributed by atoms with E-state index in [-0.39, 0.29) is 5.91 Å². The van der Waals surface area contributed by atoms with Gasteiger partial charge in [0.05, 0.1) is 5.52 Å². The maximum Gasteiger partial charge on any atom is 0.272 e. The molecule has 0 aliphatic carbocycles. The molecule has 1 fully saturated rings.